The molecule has 0 aromatic heterocycles. The van der Waals surface area contributed by atoms with Crippen molar-refractivity contribution in [1.82, 2.24) is 9.21 Å². The van der Waals surface area contributed by atoms with Gasteiger partial charge in [-0.1, -0.05) is 45.9 Å². The van der Waals surface area contributed by atoms with E-state index < -0.39 is 11.0 Å². The van der Waals surface area contributed by atoms with Crippen LogP contribution in [-0.4, -0.2) is 46.1 Å². The van der Waals surface area contributed by atoms with Crippen LogP contribution in [0.3, 0.4) is 0 Å². The molecule has 1 unspecified atom stereocenters. The second-order valence-electron chi connectivity index (χ2n) is 6.84. The third-order valence-corrected chi connectivity index (χ3v) is 5.72. The summed E-state index contributed by atoms with van der Waals surface area (Å²) in [6.45, 7) is 17.8. The zero-order chi connectivity index (χ0) is 17.4. The monoisotopic (exact) mass is 338 g/mol. The smallest absolute Gasteiger partial charge is 0.127 e. The van der Waals surface area contributed by atoms with Crippen LogP contribution in [0.4, 0.5) is 0 Å². The van der Waals surface area contributed by atoms with E-state index >= 15 is 0 Å². The molecule has 0 N–H and O–H groups in total. The highest BCUT2D eigenvalue weighted by Crippen LogP contribution is 2.17. The predicted octanol–water partition coefficient (Wildman–Crippen LogP) is 3.99. The van der Waals surface area contributed by atoms with Crippen LogP contribution in [0.15, 0.2) is 34.8 Å². The van der Waals surface area contributed by atoms with E-state index in [0.29, 0.717) is 11.8 Å². The van der Waals surface area contributed by atoms with E-state index in [9.17, 15) is 4.21 Å². The van der Waals surface area contributed by atoms with Crippen LogP contribution in [0.1, 0.15) is 41.5 Å². The lowest BCUT2D eigenvalue weighted by Crippen LogP contribution is -2.47. The third kappa shape index (κ3) is 6.74. The highest BCUT2D eigenvalue weighted by molar-refractivity contribution is 7.86. The molecule has 0 saturated carbocycles. The standard InChI is InChI=1S/C19H34N2OS/c1-7-18(17(5)6)9-10-19(8-2)23(22)21-13-11-20(12-14-21)15-16(3)4/h7-10,16-17H,11-15H2,1-6H3/b10-9-,18-7+,19-8+. The molecule has 4 heteroatoms. The van der Waals surface area contributed by atoms with E-state index in [4.69, 9.17) is 0 Å². The van der Waals surface area contributed by atoms with E-state index in [1.807, 2.05) is 19.1 Å². The average molecular weight is 339 g/mol. The van der Waals surface area contributed by atoms with E-state index in [-0.39, 0.29) is 0 Å². The molecule has 0 radical (unpaired) electrons. The third-order valence-electron chi connectivity index (χ3n) is 4.12. The fraction of sp³-hybridized carbons (Fsp3) is 0.684. The Bertz CT molecular complexity index is 470. The molecule has 1 aliphatic heterocycles. The molecule has 1 rings (SSSR count). The summed E-state index contributed by atoms with van der Waals surface area (Å²) in [5, 5.41) is 0. The number of piperazine rings is 1. The molecule has 132 valence electrons. The van der Waals surface area contributed by atoms with Crippen LogP contribution in [-0.2, 0) is 11.0 Å². The normalized spacial score (nSPS) is 20.9. The fourth-order valence-electron chi connectivity index (χ4n) is 2.80. The highest BCUT2D eigenvalue weighted by atomic mass is 32.2. The maximum absolute atomic E-state index is 12.8. The van der Waals surface area contributed by atoms with Gasteiger partial charge in [0.15, 0.2) is 0 Å². The van der Waals surface area contributed by atoms with Crippen molar-refractivity contribution < 1.29 is 4.21 Å². The zero-order valence-electron chi connectivity index (χ0n) is 15.7. The molecule has 0 bridgehead atoms. The van der Waals surface area contributed by atoms with Crippen molar-refractivity contribution in [2.75, 3.05) is 32.7 Å². The van der Waals surface area contributed by atoms with Crippen LogP contribution in [0, 0.1) is 11.8 Å². The Kier molecular flexibility index (Phi) is 9.03. The topological polar surface area (TPSA) is 23.6 Å². The van der Waals surface area contributed by atoms with Crippen LogP contribution in [0.2, 0.25) is 0 Å². The quantitative estimate of drug-likeness (QED) is 0.655. The molecule has 0 aromatic carbocycles. The second kappa shape index (κ2) is 10.2. The van der Waals surface area contributed by atoms with Gasteiger partial charge in [0, 0.05) is 32.7 Å². The summed E-state index contributed by atoms with van der Waals surface area (Å²) in [4.78, 5) is 3.38. The minimum Gasteiger partial charge on any atom is -0.300 e. The summed E-state index contributed by atoms with van der Waals surface area (Å²) in [5.41, 5.74) is 1.28. The molecule has 1 atom stereocenters. The van der Waals surface area contributed by atoms with Crippen LogP contribution < -0.4 is 0 Å². The van der Waals surface area contributed by atoms with Gasteiger partial charge in [0.2, 0.25) is 0 Å². The number of hydrogen-bond acceptors (Lipinski definition) is 2. The van der Waals surface area contributed by atoms with Crippen molar-refractivity contribution in [1.29, 1.82) is 0 Å². The Morgan fingerprint density at radius 3 is 2.04 bits per heavy atom. The van der Waals surface area contributed by atoms with Crippen molar-refractivity contribution in [2.24, 2.45) is 11.8 Å². The molecule has 1 fully saturated rings. The predicted molar refractivity (Wildman–Crippen MR) is 102 cm³/mol. The van der Waals surface area contributed by atoms with Gasteiger partial charge in [-0.2, -0.15) is 0 Å². The van der Waals surface area contributed by atoms with Crippen molar-refractivity contribution >= 4 is 11.0 Å². The molecule has 23 heavy (non-hydrogen) atoms. The molecule has 0 aliphatic carbocycles. The fourth-order valence-corrected chi connectivity index (χ4v) is 3.98. The Labute approximate surface area is 145 Å². The first-order valence-corrected chi connectivity index (χ1v) is 9.89. The Balaban J connectivity index is 2.64. The molecule has 0 spiro atoms. The number of rotatable bonds is 7. The van der Waals surface area contributed by atoms with Crippen molar-refractivity contribution in [3.8, 4) is 0 Å². The number of nitrogens with zero attached hydrogens (tertiary/aromatic N) is 2. The van der Waals surface area contributed by atoms with Gasteiger partial charge in [0.1, 0.15) is 11.0 Å². The number of hydrogen-bond donors (Lipinski definition) is 0. The molecule has 1 heterocycles. The molecule has 0 amide bonds. The lowest BCUT2D eigenvalue weighted by atomic mass is 10.0. The van der Waals surface area contributed by atoms with Crippen LogP contribution in [0.5, 0.6) is 0 Å². The van der Waals surface area contributed by atoms with Gasteiger partial charge < -0.3 is 4.90 Å². The van der Waals surface area contributed by atoms with E-state index in [1.54, 1.807) is 0 Å². The lowest BCUT2D eigenvalue weighted by molar-refractivity contribution is 0.176. The summed E-state index contributed by atoms with van der Waals surface area (Å²) in [6, 6.07) is 0. The van der Waals surface area contributed by atoms with Crippen molar-refractivity contribution in [2.45, 2.75) is 41.5 Å². The molecular formula is C19H34N2OS. The van der Waals surface area contributed by atoms with E-state index in [1.165, 1.54) is 5.57 Å². The first kappa shape index (κ1) is 20.3. The second-order valence-corrected chi connectivity index (χ2v) is 8.33. The van der Waals surface area contributed by atoms with Crippen LogP contribution >= 0.6 is 0 Å². The maximum atomic E-state index is 12.8. The Morgan fingerprint density at radius 2 is 1.61 bits per heavy atom. The van der Waals surface area contributed by atoms with Gasteiger partial charge in [-0.15, -0.1) is 0 Å². The van der Waals surface area contributed by atoms with Gasteiger partial charge in [-0.05, 0) is 37.3 Å². The first-order valence-electron chi connectivity index (χ1n) is 8.78. The van der Waals surface area contributed by atoms with Crippen molar-refractivity contribution in [3.63, 3.8) is 0 Å². The molecule has 0 aromatic rings. The highest BCUT2D eigenvalue weighted by Gasteiger charge is 2.22. The van der Waals surface area contributed by atoms with Gasteiger partial charge in [0.25, 0.3) is 0 Å². The Hall–Kier alpha value is -0.710. The minimum atomic E-state index is -1.05. The summed E-state index contributed by atoms with van der Waals surface area (Å²) >= 11 is 0. The molecule has 1 aliphatic rings. The molecule has 3 nitrogen and oxygen atoms in total. The van der Waals surface area contributed by atoms with Crippen molar-refractivity contribution in [3.05, 3.63) is 34.8 Å². The summed E-state index contributed by atoms with van der Waals surface area (Å²) < 4.78 is 14.9. The van der Waals surface area contributed by atoms with Gasteiger partial charge in [-0.25, -0.2) is 8.51 Å². The van der Waals surface area contributed by atoms with Crippen LogP contribution in [0.25, 0.3) is 0 Å². The first-order chi connectivity index (χ1) is 10.9. The summed E-state index contributed by atoms with van der Waals surface area (Å²) in [7, 11) is -1.05. The largest absolute Gasteiger partial charge is 0.300 e. The summed E-state index contributed by atoms with van der Waals surface area (Å²) in [5.74, 6) is 1.18. The molecular weight excluding hydrogens is 304 g/mol. The minimum absolute atomic E-state index is 0.488. The summed E-state index contributed by atoms with van der Waals surface area (Å²) in [6.07, 6.45) is 8.22. The average Bonchev–Trinajstić information content (AvgIpc) is 2.51. The number of allylic oxidation sites excluding steroid dienone is 5. The van der Waals surface area contributed by atoms with E-state index in [0.717, 1.165) is 37.6 Å². The lowest BCUT2D eigenvalue weighted by Gasteiger charge is -2.34. The maximum Gasteiger partial charge on any atom is 0.127 e. The van der Waals surface area contributed by atoms with Gasteiger partial charge in [0.05, 0.1) is 4.91 Å². The van der Waals surface area contributed by atoms with E-state index in [2.05, 4.69) is 56.0 Å². The zero-order valence-corrected chi connectivity index (χ0v) is 16.5. The van der Waals surface area contributed by atoms with Gasteiger partial charge >= 0.3 is 0 Å². The molecule has 1 saturated heterocycles. The Morgan fingerprint density at radius 1 is 1.00 bits per heavy atom. The van der Waals surface area contributed by atoms with Gasteiger partial charge in [-0.3, -0.25) is 0 Å². The SMILES string of the molecule is C\C=C(/C=C\C(=C/C)S(=O)N1CCN(CC(C)C)CC1)C(C)C.